The van der Waals surface area contributed by atoms with Gasteiger partial charge in [0.2, 0.25) is 0 Å². The monoisotopic (exact) mass is 433 g/mol. The second-order valence-electron chi connectivity index (χ2n) is 5.61. The molecule has 0 radical (unpaired) electrons. The molecule has 5 heteroatoms. The highest BCUT2D eigenvalue weighted by Gasteiger charge is 2.38. The fourth-order valence-corrected chi connectivity index (χ4v) is 3.08. The Balaban J connectivity index is 0.00000242. The van der Waals surface area contributed by atoms with Gasteiger partial charge in [-0.15, -0.1) is 24.0 Å². The average molecular weight is 433 g/mol. The highest BCUT2D eigenvalue weighted by molar-refractivity contribution is 14.0. The van der Waals surface area contributed by atoms with Gasteiger partial charge in [0, 0.05) is 24.3 Å². The quantitative estimate of drug-likeness (QED) is 0.298. The van der Waals surface area contributed by atoms with Gasteiger partial charge in [-0.05, 0) is 31.6 Å². The zero-order chi connectivity index (χ0) is 15.0. The van der Waals surface area contributed by atoms with Gasteiger partial charge in [0.25, 0.3) is 0 Å². The standard InChI is InChI=1S/C17H27N3S.HI/c1-3-18-16(19-12-13-21-2)20-14-17(10-7-11-17)15-8-5-4-6-9-15;/h4-6,8-9H,3,7,10-14H2,1-2H3,(H2,18,19,20);1H. The van der Waals surface area contributed by atoms with Crippen LogP contribution in [0.15, 0.2) is 35.3 Å². The summed E-state index contributed by atoms with van der Waals surface area (Å²) in [6.07, 6.45) is 5.96. The maximum Gasteiger partial charge on any atom is 0.191 e. The topological polar surface area (TPSA) is 36.4 Å². The summed E-state index contributed by atoms with van der Waals surface area (Å²) in [5, 5.41) is 6.76. The second-order valence-corrected chi connectivity index (χ2v) is 6.60. The Bertz CT molecular complexity index is 446. The largest absolute Gasteiger partial charge is 0.357 e. The number of hydrogen-bond acceptors (Lipinski definition) is 2. The second kappa shape index (κ2) is 10.4. The molecule has 1 aliphatic rings. The molecule has 0 spiro atoms. The molecule has 1 aromatic carbocycles. The number of halogens is 1. The summed E-state index contributed by atoms with van der Waals surface area (Å²) in [4.78, 5) is 4.84. The molecule has 2 N–H and O–H groups in total. The van der Waals surface area contributed by atoms with E-state index in [1.165, 1.54) is 24.8 Å². The molecule has 0 amide bonds. The van der Waals surface area contributed by atoms with Crippen LogP contribution in [0.4, 0.5) is 0 Å². The third-order valence-electron chi connectivity index (χ3n) is 4.18. The summed E-state index contributed by atoms with van der Waals surface area (Å²) in [7, 11) is 0. The fraction of sp³-hybridized carbons (Fsp3) is 0.588. The summed E-state index contributed by atoms with van der Waals surface area (Å²) in [6, 6.07) is 10.9. The Morgan fingerprint density at radius 1 is 1.23 bits per heavy atom. The van der Waals surface area contributed by atoms with Crippen molar-refractivity contribution in [3.63, 3.8) is 0 Å². The van der Waals surface area contributed by atoms with Gasteiger partial charge in [0.1, 0.15) is 0 Å². The lowest BCUT2D eigenvalue weighted by Gasteiger charge is -2.41. The van der Waals surface area contributed by atoms with Crippen LogP contribution in [0.2, 0.25) is 0 Å². The zero-order valence-electron chi connectivity index (χ0n) is 13.6. The van der Waals surface area contributed by atoms with Crippen molar-refractivity contribution in [1.82, 2.24) is 10.6 Å². The van der Waals surface area contributed by atoms with E-state index in [1.807, 2.05) is 11.8 Å². The van der Waals surface area contributed by atoms with Gasteiger partial charge in [-0.25, -0.2) is 0 Å². The SMILES string of the molecule is CCNC(=NCC1(c2ccccc2)CCC1)NCCSC.I. The van der Waals surface area contributed by atoms with Gasteiger partial charge >= 0.3 is 0 Å². The third-order valence-corrected chi connectivity index (χ3v) is 4.79. The molecule has 1 saturated carbocycles. The van der Waals surface area contributed by atoms with Crippen molar-refractivity contribution < 1.29 is 0 Å². The Morgan fingerprint density at radius 3 is 2.50 bits per heavy atom. The van der Waals surface area contributed by atoms with E-state index >= 15 is 0 Å². The molecule has 1 aliphatic carbocycles. The van der Waals surface area contributed by atoms with Crippen LogP contribution in [0.25, 0.3) is 0 Å². The Kier molecular flexibility index (Phi) is 9.24. The normalized spacial score (nSPS) is 16.4. The maximum atomic E-state index is 4.84. The number of nitrogens with zero attached hydrogens (tertiary/aromatic N) is 1. The molecule has 22 heavy (non-hydrogen) atoms. The Morgan fingerprint density at radius 2 is 1.95 bits per heavy atom. The van der Waals surface area contributed by atoms with Gasteiger partial charge in [0.05, 0.1) is 6.54 Å². The van der Waals surface area contributed by atoms with Gasteiger partial charge < -0.3 is 10.6 Å². The minimum absolute atomic E-state index is 0. The van der Waals surface area contributed by atoms with Crippen LogP contribution < -0.4 is 10.6 Å². The van der Waals surface area contributed by atoms with Crippen LogP contribution in [-0.2, 0) is 5.41 Å². The molecule has 0 bridgehead atoms. The van der Waals surface area contributed by atoms with Crippen molar-refractivity contribution in [3.05, 3.63) is 35.9 Å². The Hall–Kier alpha value is -0.430. The van der Waals surface area contributed by atoms with E-state index in [0.29, 0.717) is 0 Å². The van der Waals surface area contributed by atoms with Crippen molar-refractivity contribution >= 4 is 41.7 Å². The van der Waals surface area contributed by atoms with E-state index in [1.54, 1.807) is 0 Å². The summed E-state index contributed by atoms with van der Waals surface area (Å²) in [5.74, 6) is 2.06. The third kappa shape index (κ3) is 5.33. The van der Waals surface area contributed by atoms with Gasteiger partial charge in [-0.3, -0.25) is 4.99 Å². The fourth-order valence-electron chi connectivity index (χ4n) is 2.78. The lowest BCUT2D eigenvalue weighted by molar-refractivity contribution is 0.253. The number of thioether (sulfide) groups is 1. The smallest absolute Gasteiger partial charge is 0.191 e. The molecule has 2 rings (SSSR count). The lowest BCUT2D eigenvalue weighted by Crippen LogP contribution is -2.42. The first-order valence-corrected chi connectivity index (χ1v) is 9.27. The van der Waals surface area contributed by atoms with Crippen molar-refractivity contribution in [2.45, 2.75) is 31.6 Å². The van der Waals surface area contributed by atoms with Crippen LogP contribution in [0, 0.1) is 0 Å². The molecule has 124 valence electrons. The maximum absolute atomic E-state index is 4.84. The van der Waals surface area contributed by atoms with Crippen molar-refractivity contribution in [3.8, 4) is 0 Å². The number of guanidine groups is 1. The van der Waals surface area contributed by atoms with Gasteiger partial charge in [-0.1, -0.05) is 36.8 Å². The van der Waals surface area contributed by atoms with E-state index in [4.69, 9.17) is 4.99 Å². The van der Waals surface area contributed by atoms with E-state index in [-0.39, 0.29) is 29.4 Å². The lowest BCUT2D eigenvalue weighted by atomic mass is 9.64. The first-order valence-electron chi connectivity index (χ1n) is 7.87. The number of nitrogens with one attached hydrogen (secondary N) is 2. The molecule has 1 fully saturated rings. The summed E-state index contributed by atoms with van der Waals surface area (Å²) >= 11 is 1.85. The van der Waals surface area contributed by atoms with Gasteiger partial charge in [0.15, 0.2) is 5.96 Å². The average Bonchev–Trinajstić information content (AvgIpc) is 2.47. The first kappa shape index (κ1) is 19.6. The number of aliphatic imine (C=N–C) groups is 1. The number of benzene rings is 1. The molecule has 0 aliphatic heterocycles. The predicted molar refractivity (Wildman–Crippen MR) is 110 cm³/mol. The first-order chi connectivity index (χ1) is 10.3. The summed E-state index contributed by atoms with van der Waals surface area (Å²) < 4.78 is 0. The van der Waals surface area contributed by atoms with E-state index in [2.05, 4.69) is 54.1 Å². The molecule has 1 aromatic rings. The molecule has 0 atom stereocenters. The minimum Gasteiger partial charge on any atom is -0.357 e. The molecular formula is C17H28IN3S. The highest BCUT2D eigenvalue weighted by Crippen LogP contribution is 2.43. The van der Waals surface area contributed by atoms with E-state index in [0.717, 1.165) is 31.3 Å². The van der Waals surface area contributed by atoms with Crippen molar-refractivity contribution in [2.24, 2.45) is 4.99 Å². The van der Waals surface area contributed by atoms with Crippen LogP contribution in [0.5, 0.6) is 0 Å². The molecule has 0 unspecified atom stereocenters. The highest BCUT2D eigenvalue weighted by atomic mass is 127. The van der Waals surface area contributed by atoms with Crippen LogP contribution in [0.1, 0.15) is 31.7 Å². The molecular weight excluding hydrogens is 405 g/mol. The zero-order valence-corrected chi connectivity index (χ0v) is 16.7. The van der Waals surface area contributed by atoms with Gasteiger partial charge in [-0.2, -0.15) is 11.8 Å². The minimum atomic E-state index is 0. The molecule has 3 nitrogen and oxygen atoms in total. The molecule has 0 heterocycles. The van der Waals surface area contributed by atoms with E-state index in [9.17, 15) is 0 Å². The van der Waals surface area contributed by atoms with Crippen LogP contribution in [0.3, 0.4) is 0 Å². The van der Waals surface area contributed by atoms with Crippen molar-refractivity contribution in [1.29, 1.82) is 0 Å². The molecule has 0 saturated heterocycles. The Labute approximate surface area is 156 Å². The predicted octanol–water partition coefficient (Wildman–Crippen LogP) is 3.64. The van der Waals surface area contributed by atoms with Crippen LogP contribution in [-0.4, -0.2) is 37.6 Å². The number of hydrogen-bond donors (Lipinski definition) is 2. The summed E-state index contributed by atoms with van der Waals surface area (Å²) in [6.45, 7) is 4.86. The van der Waals surface area contributed by atoms with E-state index < -0.39 is 0 Å². The summed E-state index contributed by atoms with van der Waals surface area (Å²) in [5.41, 5.74) is 1.71. The molecule has 0 aromatic heterocycles. The number of rotatable bonds is 7. The van der Waals surface area contributed by atoms with Crippen LogP contribution >= 0.6 is 35.7 Å². The van der Waals surface area contributed by atoms with Crippen molar-refractivity contribution in [2.75, 3.05) is 31.6 Å².